The third kappa shape index (κ3) is 4.55. The van der Waals surface area contributed by atoms with E-state index >= 15 is 0 Å². The van der Waals surface area contributed by atoms with Gasteiger partial charge in [0.05, 0.1) is 23.7 Å². The summed E-state index contributed by atoms with van der Waals surface area (Å²) >= 11 is 5.87. The molecule has 0 aliphatic carbocycles. The molecule has 0 radical (unpaired) electrons. The van der Waals surface area contributed by atoms with Gasteiger partial charge in [-0.2, -0.15) is 0 Å². The molecule has 0 aliphatic heterocycles. The minimum Gasteiger partial charge on any atom is -0.496 e. The first-order valence-corrected chi connectivity index (χ1v) is 9.08. The number of anilines is 2. The van der Waals surface area contributed by atoms with Crippen molar-refractivity contribution >= 4 is 39.9 Å². The average molecular weight is 419 g/mol. The van der Waals surface area contributed by atoms with Gasteiger partial charge >= 0.3 is 0 Å². The maximum Gasteiger partial charge on any atom is 0.234 e. The van der Waals surface area contributed by atoms with Gasteiger partial charge in [0.1, 0.15) is 23.7 Å². The Morgan fingerprint density at radius 2 is 2.21 bits per heavy atom. The molecule has 1 atom stereocenters. The second-order valence-corrected chi connectivity index (χ2v) is 6.89. The number of amides is 1. The number of hydrogen-bond acceptors (Lipinski definition) is 6. The molecule has 7 nitrogen and oxygen atoms in total. The van der Waals surface area contributed by atoms with E-state index in [1.165, 1.54) is 25.6 Å². The molecule has 3 rings (SSSR count). The fourth-order valence-corrected chi connectivity index (χ4v) is 2.97. The fraction of sp³-hybridized carbons (Fsp3) is 0.250. The predicted molar refractivity (Wildman–Crippen MR) is 111 cm³/mol. The normalized spacial score (nSPS) is 12.7. The van der Waals surface area contributed by atoms with Crippen LogP contribution in [0, 0.1) is 5.82 Å². The zero-order chi connectivity index (χ0) is 21.8. The van der Waals surface area contributed by atoms with E-state index < -0.39 is 17.8 Å². The molecule has 152 valence electrons. The molecule has 0 unspecified atom stereocenters. The third-order valence-corrected chi connectivity index (χ3v) is 4.84. The Morgan fingerprint density at radius 3 is 2.86 bits per heavy atom. The lowest BCUT2D eigenvalue weighted by Gasteiger charge is -2.23. The number of methoxy groups -OCH3 is 1. The van der Waals surface area contributed by atoms with Gasteiger partial charge in [-0.25, -0.2) is 14.4 Å². The molecule has 0 saturated heterocycles. The first-order chi connectivity index (χ1) is 14.3. The van der Waals surface area contributed by atoms with Gasteiger partial charge in [-0.1, -0.05) is 11.6 Å². The third-order valence-electron chi connectivity index (χ3n) is 4.55. The van der Waals surface area contributed by atoms with Crippen LogP contribution in [0.15, 0.2) is 36.7 Å². The molecular formula is C20H21ClFN5O2. The van der Waals surface area contributed by atoms with Crippen molar-refractivity contribution in [1.82, 2.24) is 14.9 Å². The number of likely N-dealkylation sites (N-methyl/N-ethyl adjacent to an activating group) is 1. The van der Waals surface area contributed by atoms with Crippen LogP contribution in [0.25, 0.3) is 10.9 Å². The van der Waals surface area contributed by atoms with Gasteiger partial charge in [0.25, 0.3) is 0 Å². The van der Waals surface area contributed by atoms with Crippen molar-refractivity contribution in [2.75, 3.05) is 19.5 Å². The second-order valence-electron chi connectivity index (χ2n) is 6.48. The number of halogens is 2. The first kappa shape index (κ1) is 19.4. The molecule has 0 bridgehead atoms. The SMILES string of the molecule is [2H]CN(Cc1cc2c(Nc3ccc(F)c(Cl)c3)ncnc2cc1OC)[C@@H](C)C(N)=O. The maximum absolute atomic E-state index is 13.5. The highest BCUT2D eigenvalue weighted by Gasteiger charge is 2.18. The predicted octanol–water partition coefficient (Wildman–Crippen LogP) is 3.48. The zero-order valence-corrected chi connectivity index (χ0v) is 16.7. The van der Waals surface area contributed by atoms with Gasteiger partial charge < -0.3 is 15.8 Å². The molecule has 3 N–H and O–H groups in total. The van der Waals surface area contributed by atoms with E-state index in [9.17, 15) is 9.18 Å². The smallest absolute Gasteiger partial charge is 0.234 e. The number of hydrogen-bond donors (Lipinski definition) is 2. The van der Waals surface area contributed by atoms with Crippen LogP contribution in [-0.4, -0.2) is 41.0 Å². The van der Waals surface area contributed by atoms with Crippen LogP contribution in [-0.2, 0) is 11.3 Å². The number of carbonyl (C=O) groups is 1. The van der Waals surface area contributed by atoms with Gasteiger partial charge in [-0.3, -0.25) is 9.69 Å². The van der Waals surface area contributed by atoms with Crippen LogP contribution in [0.2, 0.25) is 5.02 Å². The summed E-state index contributed by atoms with van der Waals surface area (Å²) in [6.07, 6.45) is 1.40. The van der Waals surface area contributed by atoms with E-state index in [4.69, 9.17) is 23.4 Å². The van der Waals surface area contributed by atoms with Crippen molar-refractivity contribution in [2.24, 2.45) is 5.73 Å². The largest absolute Gasteiger partial charge is 0.496 e. The quantitative estimate of drug-likeness (QED) is 0.610. The van der Waals surface area contributed by atoms with Gasteiger partial charge in [0, 0.05) is 30.6 Å². The highest BCUT2D eigenvalue weighted by Crippen LogP contribution is 2.31. The van der Waals surface area contributed by atoms with Crippen molar-refractivity contribution in [2.45, 2.75) is 19.5 Å². The minimum atomic E-state index is -0.617. The highest BCUT2D eigenvalue weighted by molar-refractivity contribution is 6.31. The van der Waals surface area contributed by atoms with E-state index in [0.717, 1.165) is 5.56 Å². The summed E-state index contributed by atoms with van der Waals surface area (Å²) < 4.78 is 26.7. The molecule has 9 heteroatoms. The Morgan fingerprint density at radius 1 is 1.41 bits per heavy atom. The number of ether oxygens (including phenoxy) is 1. The van der Waals surface area contributed by atoms with E-state index in [1.54, 1.807) is 24.0 Å². The first-order valence-electron chi connectivity index (χ1n) is 9.41. The number of aromatic nitrogens is 2. The lowest BCUT2D eigenvalue weighted by Crippen LogP contribution is -2.39. The molecule has 29 heavy (non-hydrogen) atoms. The summed E-state index contributed by atoms with van der Waals surface area (Å²) in [6, 6.07) is 7.25. The molecule has 0 aliphatic rings. The van der Waals surface area contributed by atoms with Crippen molar-refractivity contribution in [3.63, 3.8) is 0 Å². The van der Waals surface area contributed by atoms with Crippen LogP contribution >= 0.6 is 11.6 Å². The summed E-state index contributed by atoms with van der Waals surface area (Å²) in [5.74, 6) is 0.0285. The number of primary amides is 1. The summed E-state index contributed by atoms with van der Waals surface area (Å²) in [5.41, 5.74) is 7.32. The number of carbonyl (C=O) groups excluding carboxylic acids is 1. The maximum atomic E-state index is 13.5. The Balaban J connectivity index is 2.03. The Hall–Kier alpha value is -2.97. The molecule has 1 aromatic heterocycles. The van der Waals surface area contributed by atoms with Crippen molar-refractivity contribution < 1.29 is 15.3 Å². The van der Waals surface area contributed by atoms with E-state index in [2.05, 4.69) is 15.3 Å². The Labute approximate surface area is 174 Å². The van der Waals surface area contributed by atoms with Crippen molar-refractivity contribution in [3.05, 3.63) is 53.1 Å². The molecule has 1 heterocycles. The molecule has 0 spiro atoms. The standard InChI is InChI=1S/C20H21ClFN5O2/c1-11(19(23)28)27(2)9-12-6-14-17(8-18(12)29-3)24-10-25-20(14)26-13-4-5-16(22)15(21)7-13/h4-8,10-11H,9H2,1-3H3,(H2,23,28)(H,24,25,26)/t11-/m0/s1/i2D. The summed E-state index contributed by atoms with van der Waals surface area (Å²) in [4.78, 5) is 21.8. The molecule has 3 aromatic rings. The van der Waals surface area contributed by atoms with E-state index in [0.29, 0.717) is 28.2 Å². The van der Waals surface area contributed by atoms with Crippen LogP contribution in [0.1, 0.15) is 13.9 Å². The van der Waals surface area contributed by atoms with Crippen LogP contribution in [0.5, 0.6) is 5.75 Å². The number of rotatable bonds is 7. The van der Waals surface area contributed by atoms with Crippen molar-refractivity contribution in [1.29, 1.82) is 0 Å². The molecule has 0 fully saturated rings. The molecular weight excluding hydrogens is 397 g/mol. The number of fused-ring (bicyclic) bond motifs is 1. The highest BCUT2D eigenvalue weighted by atomic mass is 35.5. The summed E-state index contributed by atoms with van der Waals surface area (Å²) in [6.45, 7) is 1.92. The van der Waals surface area contributed by atoms with Crippen LogP contribution in [0.3, 0.4) is 0 Å². The summed E-state index contributed by atoms with van der Waals surface area (Å²) in [7, 11) is 1.42. The van der Waals surface area contributed by atoms with Crippen molar-refractivity contribution in [3.8, 4) is 5.75 Å². The van der Waals surface area contributed by atoms with Gasteiger partial charge in [0.2, 0.25) is 5.91 Å². The van der Waals surface area contributed by atoms with Crippen LogP contribution < -0.4 is 15.8 Å². The number of benzene rings is 2. The minimum absolute atomic E-state index is 0.00718. The van der Waals surface area contributed by atoms with Gasteiger partial charge in [-0.05, 0) is 38.2 Å². The lowest BCUT2D eigenvalue weighted by molar-refractivity contribution is -0.122. The Kier molecular flexibility index (Phi) is 5.73. The number of nitrogens with one attached hydrogen (secondary N) is 1. The van der Waals surface area contributed by atoms with E-state index in [1.807, 2.05) is 6.07 Å². The zero-order valence-electron chi connectivity index (χ0n) is 16.9. The molecule has 1 amide bonds. The lowest BCUT2D eigenvalue weighted by atomic mass is 10.1. The van der Waals surface area contributed by atoms with Crippen LogP contribution in [0.4, 0.5) is 15.9 Å². The summed E-state index contributed by atoms with van der Waals surface area (Å²) in [5, 5.41) is 3.80. The number of nitrogens with zero attached hydrogens (tertiary/aromatic N) is 3. The topological polar surface area (TPSA) is 93.4 Å². The Bertz CT molecular complexity index is 1080. The fourth-order valence-electron chi connectivity index (χ4n) is 2.79. The molecule has 0 saturated carbocycles. The van der Waals surface area contributed by atoms with E-state index in [-0.39, 0.29) is 18.6 Å². The monoisotopic (exact) mass is 418 g/mol. The average Bonchev–Trinajstić information content (AvgIpc) is 2.73. The second kappa shape index (κ2) is 8.59. The molecule has 2 aromatic carbocycles. The number of nitrogens with two attached hydrogens (primary N) is 1. The van der Waals surface area contributed by atoms with Gasteiger partial charge in [-0.15, -0.1) is 0 Å². The van der Waals surface area contributed by atoms with Gasteiger partial charge in [0.15, 0.2) is 0 Å².